The molecule has 21 heavy (non-hydrogen) atoms. The number of ether oxygens (including phenoxy) is 2. The Morgan fingerprint density at radius 2 is 2.00 bits per heavy atom. The molecule has 0 bridgehead atoms. The zero-order valence-electron chi connectivity index (χ0n) is 14.1. The van der Waals surface area contributed by atoms with E-state index in [0.717, 1.165) is 32.7 Å². The Morgan fingerprint density at radius 3 is 2.52 bits per heavy atom. The number of carbonyl (C=O) groups excluding carboxylic acids is 1. The summed E-state index contributed by atoms with van der Waals surface area (Å²) in [6.45, 7) is 10.4. The summed E-state index contributed by atoms with van der Waals surface area (Å²) in [4.78, 5) is 14.4. The Balaban J connectivity index is 2.34. The van der Waals surface area contributed by atoms with E-state index in [1.807, 2.05) is 6.92 Å². The minimum atomic E-state index is -0.193. The van der Waals surface area contributed by atoms with Crippen LogP contribution in [-0.2, 0) is 14.3 Å². The molecule has 1 aliphatic heterocycles. The normalized spacial score (nSPS) is 18.9. The molecule has 124 valence electrons. The molecule has 0 saturated carbocycles. The molecule has 1 N–H and O–H groups in total. The van der Waals surface area contributed by atoms with Crippen LogP contribution < -0.4 is 5.32 Å². The van der Waals surface area contributed by atoms with E-state index in [-0.39, 0.29) is 18.1 Å². The summed E-state index contributed by atoms with van der Waals surface area (Å²) in [5.41, 5.74) is 0. The van der Waals surface area contributed by atoms with Gasteiger partial charge in [0, 0.05) is 26.3 Å². The number of hydrogen-bond donors (Lipinski definition) is 1. The predicted molar refractivity (Wildman–Crippen MR) is 84.3 cm³/mol. The molecule has 0 aromatic heterocycles. The summed E-state index contributed by atoms with van der Waals surface area (Å²) < 4.78 is 10.4. The van der Waals surface area contributed by atoms with Crippen LogP contribution in [0.3, 0.4) is 0 Å². The third-order valence-electron chi connectivity index (χ3n) is 3.95. The summed E-state index contributed by atoms with van der Waals surface area (Å²) in [7, 11) is 1.77. The van der Waals surface area contributed by atoms with Crippen molar-refractivity contribution in [3.8, 4) is 0 Å². The molecular formula is C16H32N2O3. The average molecular weight is 300 g/mol. The van der Waals surface area contributed by atoms with Crippen molar-refractivity contribution in [2.24, 2.45) is 5.92 Å². The van der Waals surface area contributed by atoms with Crippen LogP contribution in [-0.4, -0.2) is 62.9 Å². The number of hydrogen-bond acceptors (Lipinski definition) is 5. The van der Waals surface area contributed by atoms with Gasteiger partial charge >= 0.3 is 5.97 Å². The van der Waals surface area contributed by atoms with Gasteiger partial charge in [0.2, 0.25) is 0 Å². The fourth-order valence-electron chi connectivity index (χ4n) is 2.84. The Bertz CT molecular complexity index is 289. The summed E-state index contributed by atoms with van der Waals surface area (Å²) >= 11 is 0. The lowest BCUT2D eigenvalue weighted by Gasteiger charge is -2.32. The second-order valence-electron chi connectivity index (χ2n) is 6.16. The van der Waals surface area contributed by atoms with Crippen molar-refractivity contribution in [3.05, 3.63) is 0 Å². The number of rotatable bonds is 9. The van der Waals surface area contributed by atoms with E-state index < -0.39 is 0 Å². The molecule has 1 aliphatic rings. The fourth-order valence-corrected chi connectivity index (χ4v) is 2.84. The zero-order valence-corrected chi connectivity index (χ0v) is 14.1. The molecule has 0 spiro atoms. The smallest absolute Gasteiger partial charge is 0.323 e. The third-order valence-corrected chi connectivity index (χ3v) is 3.95. The maximum Gasteiger partial charge on any atom is 0.323 e. The molecule has 0 aromatic rings. The Kier molecular flexibility index (Phi) is 8.88. The summed E-state index contributed by atoms with van der Waals surface area (Å²) in [5, 5.41) is 3.31. The van der Waals surface area contributed by atoms with Crippen LogP contribution in [0.4, 0.5) is 0 Å². The van der Waals surface area contributed by atoms with Crippen molar-refractivity contribution in [2.45, 2.75) is 52.1 Å². The number of carbonyl (C=O) groups is 1. The predicted octanol–water partition coefficient (Wildman–Crippen LogP) is 1.66. The Morgan fingerprint density at radius 1 is 1.33 bits per heavy atom. The quantitative estimate of drug-likeness (QED) is 0.656. The van der Waals surface area contributed by atoms with Crippen molar-refractivity contribution < 1.29 is 14.3 Å². The first-order chi connectivity index (χ1) is 10.1. The van der Waals surface area contributed by atoms with E-state index in [1.165, 1.54) is 12.8 Å². The van der Waals surface area contributed by atoms with Gasteiger partial charge in [0.1, 0.15) is 6.04 Å². The highest BCUT2D eigenvalue weighted by atomic mass is 16.5. The van der Waals surface area contributed by atoms with Gasteiger partial charge in [-0.05, 0) is 45.2 Å². The van der Waals surface area contributed by atoms with Crippen LogP contribution in [0.25, 0.3) is 0 Å². The SMILES string of the molecule is CCOC(=O)C(CCN1CCC(COC)CC1)NC(C)C. The van der Waals surface area contributed by atoms with Gasteiger partial charge in [-0.25, -0.2) is 0 Å². The lowest BCUT2D eigenvalue weighted by Crippen LogP contribution is -2.45. The van der Waals surface area contributed by atoms with Crippen molar-refractivity contribution in [1.29, 1.82) is 0 Å². The second kappa shape index (κ2) is 10.1. The van der Waals surface area contributed by atoms with E-state index in [1.54, 1.807) is 7.11 Å². The highest BCUT2D eigenvalue weighted by molar-refractivity contribution is 5.75. The first-order valence-corrected chi connectivity index (χ1v) is 8.20. The Hall–Kier alpha value is -0.650. The second-order valence-corrected chi connectivity index (χ2v) is 6.16. The van der Waals surface area contributed by atoms with Gasteiger partial charge in [-0.1, -0.05) is 13.8 Å². The minimum Gasteiger partial charge on any atom is -0.465 e. The number of piperidine rings is 1. The van der Waals surface area contributed by atoms with E-state index in [9.17, 15) is 4.79 Å². The monoisotopic (exact) mass is 300 g/mol. The van der Waals surface area contributed by atoms with Gasteiger partial charge in [0.25, 0.3) is 0 Å². The lowest BCUT2D eigenvalue weighted by molar-refractivity contribution is -0.146. The Labute approximate surface area is 129 Å². The number of nitrogens with zero attached hydrogens (tertiary/aromatic N) is 1. The number of likely N-dealkylation sites (tertiary alicyclic amines) is 1. The molecule has 1 fully saturated rings. The van der Waals surface area contributed by atoms with Gasteiger partial charge in [-0.2, -0.15) is 0 Å². The number of nitrogens with one attached hydrogen (secondary N) is 1. The van der Waals surface area contributed by atoms with E-state index >= 15 is 0 Å². The summed E-state index contributed by atoms with van der Waals surface area (Å²) in [5.74, 6) is 0.571. The molecule has 0 radical (unpaired) electrons. The summed E-state index contributed by atoms with van der Waals surface area (Å²) in [6.07, 6.45) is 3.19. The third kappa shape index (κ3) is 7.25. The molecule has 0 aliphatic carbocycles. The lowest BCUT2D eigenvalue weighted by atomic mass is 9.97. The van der Waals surface area contributed by atoms with Crippen LogP contribution in [0.1, 0.15) is 40.0 Å². The molecule has 1 unspecified atom stereocenters. The van der Waals surface area contributed by atoms with E-state index in [4.69, 9.17) is 9.47 Å². The van der Waals surface area contributed by atoms with Crippen molar-refractivity contribution in [1.82, 2.24) is 10.2 Å². The number of esters is 1. The van der Waals surface area contributed by atoms with Crippen LogP contribution in [0, 0.1) is 5.92 Å². The maximum atomic E-state index is 12.0. The standard InChI is InChI=1S/C16H32N2O3/c1-5-21-16(19)15(17-13(2)3)8-11-18-9-6-14(7-10-18)12-20-4/h13-15,17H,5-12H2,1-4H3. The van der Waals surface area contributed by atoms with E-state index in [2.05, 4.69) is 24.1 Å². The number of methoxy groups -OCH3 is 1. The van der Waals surface area contributed by atoms with Gasteiger partial charge < -0.3 is 19.7 Å². The topological polar surface area (TPSA) is 50.8 Å². The highest BCUT2D eigenvalue weighted by Gasteiger charge is 2.23. The first kappa shape index (κ1) is 18.4. The fraction of sp³-hybridized carbons (Fsp3) is 0.938. The van der Waals surface area contributed by atoms with E-state index in [0.29, 0.717) is 12.5 Å². The van der Waals surface area contributed by atoms with Crippen molar-refractivity contribution in [2.75, 3.05) is 40.0 Å². The molecule has 0 aromatic carbocycles. The van der Waals surface area contributed by atoms with Crippen LogP contribution in [0.15, 0.2) is 0 Å². The summed E-state index contributed by atoms with van der Waals surface area (Å²) in [6, 6.07) is 0.0912. The first-order valence-electron chi connectivity index (χ1n) is 8.20. The maximum absolute atomic E-state index is 12.0. The molecule has 0 amide bonds. The van der Waals surface area contributed by atoms with Gasteiger partial charge in [-0.15, -0.1) is 0 Å². The minimum absolute atomic E-state index is 0.125. The van der Waals surface area contributed by atoms with Gasteiger partial charge in [-0.3, -0.25) is 4.79 Å². The van der Waals surface area contributed by atoms with Gasteiger partial charge in [0.05, 0.1) is 6.61 Å². The zero-order chi connectivity index (χ0) is 15.7. The average Bonchev–Trinajstić information content (AvgIpc) is 2.45. The molecule has 1 heterocycles. The molecule has 5 nitrogen and oxygen atoms in total. The van der Waals surface area contributed by atoms with Gasteiger partial charge in [0.15, 0.2) is 0 Å². The largest absolute Gasteiger partial charge is 0.465 e. The van der Waals surface area contributed by atoms with Crippen molar-refractivity contribution in [3.63, 3.8) is 0 Å². The molecule has 1 atom stereocenters. The molecule has 1 saturated heterocycles. The molecular weight excluding hydrogens is 268 g/mol. The highest BCUT2D eigenvalue weighted by Crippen LogP contribution is 2.17. The molecule has 1 rings (SSSR count). The molecule has 5 heteroatoms. The van der Waals surface area contributed by atoms with Crippen LogP contribution >= 0.6 is 0 Å². The van der Waals surface area contributed by atoms with Crippen molar-refractivity contribution >= 4 is 5.97 Å². The van der Waals surface area contributed by atoms with Crippen LogP contribution in [0.2, 0.25) is 0 Å². The van der Waals surface area contributed by atoms with Crippen LogP contribution in [0.5, 0.6) is 0 Å².